The number of rotatable bonds is 2. The summed E-state index contributed by atoms with van der Waals surface area (Å²) in [6, 6.07) is 0. The number of quaternary nitrogens is 1. The zero-order chi connectivity index (χ0) is 7.03. The first-order valence-corrected chi connectivity index (χ1v) is 3.47. The molecule has 2 aliphatic rings. The molecule has 2 unspecified atom stereocenters. The van der Waals surface area contributed by atoms with Crippen molar-refractivity contribution in [3.8, 4) is 0 Å². The minimum absolute atomic E-state index is 0. The third kappa shape index (κ3) is 2.02. The minimum atomic E-state index is 0. The van der Waals surface area contributed by atoms with E-state index in [0.29, 0.717) is 6.10 Å². The quantitative estimate of drug-likeness (QED) is 0.332. The van der Waals surface area contributed by atoms with Crippen LogP contribution in [0.4, 0.5) is 0 Å². The van der Waals surface area contributed by atoms with Crippen LogP contribution in [0.15, 0.2) is 17.4 Å². The maximum atomic E-state index is 5.12. The van der Waals surface area contributed by atoms with Crippen LogP contribution < -0.4 is 12.4 Å². The molecule has 1 fully saturated rings. The Labute approximate surface area is 72.4 Å². The Balaban J connectivity index is 0.000000605. The molecule has 4 heteroatoms. The molecule has 0 aromatic rings. The predicted molar refractivity (Wildman–Crippen MR) is 38.4 cm³/mol. The Morgan fingerprint density at radius 2 is 2.45 bits per heavy atom. The number of hydrogen-bond donors (Lipinski definition) is 0. The molecule has 3 nitrogen and oxygen atoms in total. The fourth-order valence-corrected chi connectivity index (χ4v) is 1.14. The van der Waals surface area contributed by atoms with Crippen LogP contribution in [0.25, 0.3) is 0 Å². The average Bonchev–Trinajstić information content (AvgIpc) is 2.56. The van der Waals surface area contributed by atoms with Crippen molar-refractivity contribution in [2.75, 3.05) is 20.2 Å². The van der Waals surface area contributed by atoms with Gasteiger partial charge in [-0.25, -0.2) is 4.99 Å². The van der Waals surface area contributed by atoms with Crippen LogP contribution in [0.3, 0.4) is 0 Å². The fraction of sp³-hybridized carbons (Fsp3) is 0.571. The lowest BCUT2D eigenvalue weighted by atomic mass is 10.4. The van der Waals surface area contributed by atoms with Crippen molar-refractivity contribution < 1.29 is 21.6 Å². The van der Waals surface area contributed by atoms with Gasteiger partial charge in [0.1, 0.15) is 18.8 Å². The standard InChI is InChI=1S/C7H11N2O.ClH/c1-9(3-2-8-6-9)4-7-5-10-7;/h2-3,6-7H,4-5H2,1H3;1H/q+1;/p-1. The lowest BCUT2D eigenvalue weighted by Crippen LogP contribution is -3.00. The Kier molecular flexibility index (Phi) is 2.32. The molecule has 0 radical (unpaired) electrons. The zero-order valence-corrected chi connectivity index (χ0v) is 7.16. The summed E-state index contributed by atoms with van der Waals surface area (Å²) in [5.41, 5.74) is 0. The van der Waals surface area contributed by atoms with Gasteiger partial charge in [0.2, 0.25) is 0 Å². The Bertz CT molecular complexity index is 187. The van der Waals surface area contributed by atoms with Crippen molar-refractivity contribution in [3.05, 3.63) is 12.4 Å². The molecule has 0 spiro atoms. The van der Waals surface area contributed by atoms with E-state index in [1.807, 2.05) is 12.5 Å². The van der Waals surface area contributed by atoms with E-state index in [1.54, 1.807) is 0 Å². The summed E-state index contributed by atoms with van der Waals surface area (Å²) in [6.07, 6.45) is 6.31. The van der Waals surface area contributed by atoms with Gasteiger partial charge in [-0.1, -0.05) is 0 Å². The van der Waals surface area contributed by atoms with Crippen LogP contribution in [0.1, 0.15) is 0 Å². The SMILES string of the molecule is C[N+]1(CC2CO2)C=CN=C1.[Cl-]. The van der Waals surface area contributed by atoms with E-state index >= 15 is 0 Å². The van der Waals surface area contributed by atoms with Gasteiger partial charge in [0.25, 0.3) is 0 Å². The Morgan fingerprint density at radius 3 is 2.91 bits per heavy atom. The largest absolute Gasteiger partial charge is 1.00 e. The number of likely N-dealkylation sites (N-methyl/N-ethyl adjacent to an activating group) is 1. The number of ether oxygens (including phenoxy) is 1. The molecule has 0 saturated carbocycles. The smallest absolute Gasteiger partial charge is 0.194 e. The molecule has 2 heterocycles. The molecule has 62 valence electrons. The van der Waals surface area contributed by atoms with Gasteiger partial charge in [-0.3, -0.25) is 4.48 Å². The second-order valence-electron chi connectivity index (χ2n) is 3.05. The van der Waals surface area contributed by atoms with Gasteiger partial charge in [0, 0.05) is 0 Å². The highest BCUT2D eigenvalue weighted by atomic mass is 35.5. The molecular formula is C7H11ClN2O. The normalized spacial score (nSPS) is 38.8. The average molecular weight is 175 g/mol. The molecule has 0 aromatic heterocycles. The molecule has 0 aliphatic carbocycles. The molecule has 0 amide bonds. The Morgan fingerprint density at radius 1 is 1.73 bits per heavy atom. The van der Waals surface area contributed by atoms with Gasteiger partial charge in [-0.2, -0.15) is 0 Å². The van der Waals surface area contributed by atoms with Crippen molar-refractivity contribution >= 4 is 6.34 Å². The highest BCUT2D eigenvalue weighted by Gasteiger charge is 2.33. The number of aliphatic imine (C=N–C) groups is 1. The van der Waals surface area contributed by atoms with Crippen molar-refractivity contribution in [3.63, 3.8) is 0 Å². The second-order valence-corrected chi connectivity index (χ2v) is 3.05. The molecule has 2 atom stereocenters. The first-order chi connectivity index (χ1) is 4.79. The minimum Gasteiger partial charge on any atom is -1.00 e. The highest BCUT2D eigenvalue weighted by molar-refractivity contribution is 5.50. The molecule has 11 heavy (non-hydrogen) atoms. The summed E-state index contributed by atoms with van der Waals surface area (Å²) in [6.45, 7) is 1.95. The number of epoxide rings is 1. The lowest BCUT2D eigenvalue weighted by Gasteiger charge is -2.19. The van der Waals surface area contributed by atoms with Gasteiger partial charge in [-0.15, -0.1) is 0 Å². The summed E-state index contributed by atoms with van der Waals surface area (Å²) in [5.74, 6) is 0. The monoisotopic (exact) mass is 174 g/mol. The third-order valence-electron chi connectivity index (χ3n) is 1.82. The van der Waals surface area contributed by atoms with E-state index in [-0.39, 0.29) is 12.4 Å². The van der Waals surface area contributed by atoms with Crippen molar-refractivity contribution in [2.24, 2.45) is 4.99 Å². The first-order valence-electron chi connectivity index (χ1n) is 3.47. The van der Waals surface area contributed by atoms with Crippen LogP contribution in [-0.2, 0) is 4.74 Å². The molecule has 0 bridgehead atoms. The van der Waals surface area contributed by atoms with Crippen LogP contribution in [0.2, 0.25) is 0 Å². The number of nitrogens with zero attached hydrogens (tertiary/aromatic N) is 2. The molecular weight excluding hydrogens is 164 g/mol. The highest BCUT2D eigenvalue weighted by Crippen LogP contribution is 2.16. The van der Waals surface area contributed by atoms with Gasteiger partial charge >= 0.3 is 0 Å². The van der Waals surface area contributed by atoms with E-state index in [2.05, 4.69) is 18.2 Å². The maximum Gasteiger partial charge on any atom is 0.194 e. The predicted octanol–water partition coefficient (Wildman–Crippen LogP) is -2.65. The van der Waals surface area contributed by atoms with E-state index in [9.17, 15) is 0 Å². The number of halogens is 1. The van der Waals surface area contributed by atoms with Crippen molar-refractivity contribution in [1.82, 2.24) is 0 Å². The van der Waals surface area contributed by atoms with Gasteiger partial charge in [0.15, 0.2) is 6.34 Å². The van der Waals surface area contributed by atoms with E-state index < -0.39 is 0 Å². The van der Waals surface area contributed by atoms with Crippen LogP contribution in [-0.4, -0.2) is 37.1 Å². The summed E-state index contributed by atoms with van der Waals surface area (Å²) in [5, 5.41) is 0. The first kappa shape index (κ1) is 8.71. The zero-order valence-electron chi connectivity index (χ0n) is 6.40. The molecule has 0 aromatic carbocycles. The van der Waals surface area contributed by atoms with Crippen LogP contribution in [0, 0.1) is 0 Å². The Hall–Kier alpha value is -0.380. The van der Waals surface area contributed by atoms with Crippen molar-refractivity contribution in [2.45, 2.75) is 6.10 Å². The summed E-state index contributed by atoms with van der Waals surface area (Å²) < 4.78 is 5.92. The molecule has 2 rings (SSSR count). The van der Waals surface area contributed by atoms with E-state index in [0.717, 1.165) is 17.6 Å². The third-order valence-corrected chi connectivity index (χ3v) is 1.82. The fourth-order valence-electron chi connectivity index (χ4n) is 1.14. The number of hydrogen-bond acceptors (Lipinski definition) is 2. The summed E-state index contributed by atoms with van der Waals surface area (Å²) in [7, 11) is 2.12. The molecule has 0 N–H and O–H groups in total. The second kappa shape index (κ2) is 2.93. The van der Waals surface area contributed by atoms with Gasteiger partial charge in [0.05, 0.1) is 19.9 Å². The van der Waals surface area contributed by atoms with Crippen LogP contribution in [0.5, 0.6) is 0 Å². The molecule has 2 aliphatic heterocycles. The van der Waals surface area contributed by atoms with E-state index in [4.69, 9.17) is 4.74 Å². The maximum absolute atomic E-state index is 5.12. The lowest BCUT2D eigenvalue weighted by molar-refractivity contribution is -0.757. The summed E-state index contributed by atoms with van der Waals surface area (Å²) in [4.78, 5) is 4.03. The van der Waals surface area contributed by atoms with E-state index in [1.165, 1.54) is 0 Å². The topological polar surface area (TPSA) is 24.9 Å². The summed E-state index contributed by atoms with van der Waals surface area (Å²) >= 11 is 0. The van der Waals surface area contributed by atoms with Crippen molar-refractivity contribution in [1.29, 1.82) is 0 Å². The molecule has 1 saturated heterocycles. The van der Waals surface area contributed by atoms with Gasteiger partial charge < -0.3 is 17.1 Å². The van der Waals surface area contributed by atoms with Gasteiger partial charge in [-0.05, 0) is 0 Å². The van der Waals surface area contributed by atoms with Crippen LogP contribution >= 0.6 is 0 Å².